The SMILES string of the molecule is C=CCNC(CCCC)C(=O)OCC. The monoisotopic (exact) mass is 199 g/mol. The number of carbonyl (C=O) groups excluding carboxylic acids is 1. The fourth-order valence-electron chi connectivity index (χ4n) is 1.18. The van der Waals surface area contributed by atoms with Crippen molar-refractivity contribution in [3.8, 4) is 0 Å². The van der Waals surface area contributed by atoms with Gasteiger partial charge in [0.1, 0.15) is 6.04 Å². The van der Waals surface area contributed by atoms with E-state index in [1.54, 1.807) is 6.08 Å². The first-order valence-electron chi connectivity index (χ1n) is 5.27. The van der Waals surface area contributed by atoms with Crippen molar-refractivity contribution in [1.29, 1.82) is 0 Å². The third kappa shape index (κ3) is 5.75. The van der Waals surface area contributed by atoms with Crippen molar-refractivity contribution in [1.82, 2.24) is 5.32 Å². The molecule has 3 heteroatoms. The van der Waals surface area contributed by atoms with E-state index in [9.17, 15) is 4.79 Å². The van der Waals surface area contributed by atoms with E-state index in [2.05, 4.69) is 18.8 Å². The summed E-state index contributed by atoms with van der Waals surface area (Å²) in [7, 11) is 0. The van der Waals surface area contributed by atoms with Gasteiger partial charge in [-0.15, -0.1) is 6.58 Å². The summed E-state index contributed by atoms with van der Waals surface area (Å²) in [4.78, 5) is 11.4. The summed E-state index contributed by atoms with van der Waals surface area (Å²) in [5, 5.41) is 3.10. The maximum atomic E-state index is 11.4. The lowest BCUT2D eigenvalue weighted by molar-refractivity contribution is -0.145. The normalized spacial score (nSPS) is 12.1. The molecule has 0 aliphatic heterocycles. The van der Waals surface area contributed by atoms with Gasteiger partial charge in [-0.1, -0.05) is 25.8 Å². The predicted molar refractivity (Wildman–Crippen MR) is 58.1 cm³/mol. The lowest BCUT2D eigenvalue weighted by Gasteiger charge is -2.15. The molecular formula is C11H21NO2. The summed E-state index contributed by atoms with van der Waals surface area (Å²) in [5.41, 5.74) is 0. The number of rotatable bonds is 8. The fraction of sp³-hybridized carbons (Fsp3) is 0.727. The topological polar surface area (TPSA) is 38.3 Å². The van der Waals surface area contributed by atoms with Crippen LogP contribution in [0.4, 0.5) is 0 Å². The quantitative estimate of drug-likeness (QED) is 0.479. The van der Waals surface area contributed by atoms with Gasteiger partial charge in [0.05, 0.1) is 6.61 Å². The molecule has 0 saturated heterocycles. The predicted octanol–water partition coefficient (Wildman–Crippen LogP) is 1.88. The van der Waals surface area contributed by atoms with E-state index >= 15 is 0 Å². The minimum absolute atomic E-state index is 0.150. The minimum Gasteiger partial charge on any atom is -0.465 e. The average molecular weight is 199 g/mol. The van der Waals surface area contributed by atoms with Crippen molar-refractivity contribution in [2.75, 3.05) is 13.2 Å². The third-order valence-electron chi connectivity index (χ3n) is 1.93. The Bertz CT molecular complexity index is 169. The van der Waals surface area contributed by atoms with Crippen LogP contribution in [0.1, 0.15) is 33.1 Å². The molecule has 0 aliphatic carbocycles. The van der Waals surface area contributed by atoms with Crippen LogP contribution in [0.15, 0.2) is 12.7 Å². The maximum Gasteiger partial charge on any atom is 0.323 e. The molecule has 0 saturated carbocycles. The summed E-state index contributed by atoms with van der Waals surface area (Å²) < 4.78 is 4.96. The number of esters is 1. The molecule has 0 radical (unpaired) electrons. The fourth-order valence-corrected chi connectivity index (χ4v) is 1.18. The van der Waals surface area contributed by atoms with Crippen molar-refractivity contribution in [3.05, 3.63) is 12.7 Å². The van der Waals surface area contributed by atoms with Gasteiger partial charge in [0, 0.05) is 6.54 Å². The second kappa shape index (κ2) is 8.75. The Kier molecular flexibility index (Phi) is 8.24. The Morgan fingerprint density at radius 2 is 2.29 bits per heavy atom. The molecule has 0 bridgehead atoms. The van der Waals surface area contributed by atoms with Crippen LogP contribution in [0.2, 0.25) is 0 Å². The van der Waals surface area contributed by atoms with Crippen molar-refractivity contribution >= 4 is 5.97 Å². The van der Waals surface area contributed by atoms with Crippen LogP contribution in [0, 0.1) is 0 Å². The first-order valence-corrected chi connectivity index (χ1v) is 5.27. The van der Waals surface area contributed by atoms with E-state index in [-0.39, 0.29) is 12.0 Å². The van der Waals surface area contributed by atoms with Crippen LogP contribution in [0.3, 0.4) is 0 Å². The Hall–Kier alpha value is -0.830. The van der Waals surface area contributed by atoms with E-state index in [0.29, 0.717) is 13.2 Å². The molecule has 1 unspecified atom stereocenters. The van der Waals surface area contributed by atoms with Gasteiger partial charge in [0.2, 0.25) is 0 Å². The van der Waals surface area contributed by atoms with Crippen molar-refractivity contribution in [2.24, 2.45) is 0 Å². The molecule has 1 N–H and O–H groups in total. The Morgan fingerprint density at radius 3 is 2.79 bits per heavy atom. The van der Waals surface area contributed by atoms with Crippen LogP contribution >= 0.6 is 0 Å². The van der Waals surface area contributed by atoms with Gasteiger partial charge in [0.25, 0.3) is 0 Å². The van der Waals surface area contributed by atoms with E-state index < -0.39 is 0 Å². The van der Waals surface area contributed by atoms with Crippen LogP contribution in [-0.2, 0) is 9.53 Å². The zero-order valence-corrected chi connectivity index (χ0v) is 9.21. The summed E-state index contributed by atoms with van der Waals surface area (Å²) in [5.74, 6) is -0.150. The molecule has 3 nitrogen and oxygen atoms in total. The Labute approximate surface area is 86.5 Å². The van der Waals surface area contributed by atoms with Gasteiger partial charge >= 0.3 is 5.97 Å². The van der Waals surface area contributed by atoms with Gasteiger partial charge in [0.15, 0.2) is 0 Å². The smallest absolute Gasteiger partial charge is 0.323 e. The number of ether oxygens (including phenoxy) is 1. The molecule has 0 aromatic rings. The zero-order valence-electron chi connectivity index (χ0n) is 9.21. The summed E-state index contributed by atoms with van der Waals surface area (Å²) >= 11 is 0. The largest absolute Gasteiger partial charge is 0.465 e. The molecule has 0 amide bonds. The first-order chi connectivity index (χ1) is 6.76. The molecule has 0 fully saturated rings. The first kappa shape index (κ1) is 13.2. The highest BCUT2D eigenvalue weighted by Gasteiger charge is 2.17. The van der Waals surface area contributed by atoms with Crippen molar-refractivity contribution in [3.63, 3.8) is 0 Å². The molecule has 1 atom stereocenters. The van der Waals surface area contributed by atoms with E-state index in [4.69, 9.17) is 4.74 Å². The number of hydrogen-bond acceptors (Lipinski definition) is 3. The highest BCUT2D eigenvalue weighted by Crippen LogP contribution is 2.02. The highest BCUT2D eigenvalue weighted by atomic mass is 16.5. The van der Waals surface area contributed by atoms with Gasteiger partial charge in [-0.05, 0) is 13.3 Å². The zero-order chi connectivity index (χ0) is 10.8. The van der Waals surface area contributed by atoms with E-state index in [0.717, 1.165) is 19.3 Å². The molecule has 0 spiro atoms. The molecule has 0 heterocycles. The second-order valence-electron chi connectivity index (χ2n) is 3.14. The van der Waals surface area contributed by atoms with Crippen LogP contribution in [0.5, 0.6) is 0 Å². The summed E-state index contributed by atoms with van der Waals surface area (Å²) in [6.07, 6.45) is 4.71. The molecule has 0 aliphatic rings. The van der Waals surface area contributed by atoms with E-state index in [1.807, 2.05) is 6.92 Å². The van der Waals surface area contributed by atoms with Crippen molar-refractivity contribution in [2.45, 2.75) is 39.2 Å². The van der Waals surface area contributed by atoms with E-state index in [1.165, 1.54) is 0 Å². The Balaban J connectivity index is 3.93. The molecule has 82 valence electrons. The average Bonchev–Trinajstić information content (AvgIpc) is 2.18. The number of unbranched alkanes of at least 4 members (excludes halogenated alkanes) is 1. The summed E-state index contributed by atoms with van der Waals surface area (Å²) in [6, 6.07) is -0.173. The van der Waals surface area contributed by atoms with Gasteiger partial charge in [-0.25, -0.2) is 0 Å². The van der Waals surface area contributed by atoms with Crippen molar-refractivity contribution < 1.29 is 9.53 Å². The molecular weight excluding hydrogens is 178 g/mol. The lowest BCUT2D eigenvalue weighted by atomic mass is 10.1. The molecule has 0 rings (SSSR count). The molecule has 14 heavy (non-hydrogen) atoms. The van der Waals surface area contributed by atoms with Gasteiger partial charge < -0.3 is 10.1 Å². The van der Waals surface area contributed by atoms with Crippen LogP contribution < -0.4 is 5.32 Å². The number of nitrogens with one attached hydrogen (secondary N) is 1. The summed E-state index contributed by atoms with van der Waals surface area (Å²) in [6.45, 7) is 8.62. The maximum absolute atomic E-state index is 11.4. The second-order valence-corrected chi connectivity index (χ2v) is 3.14. The third-order valence-corrected chi connectivity index (χ3v) is 1.93. The lowest BCUT2D eigenvalue weighted by Crippen LogP contribution is -2.38. The number of carbonyl (C=O) groups is 1. The standard InChI is InChI=1S/C11H21NO2/c1-4-7-8-10(12-9-5-2)11(13)14-6-3/h5,10,12H,2,4,6-9H2,1,3H3. The molecule has 0 aromatic heterocycles. The number of hydrogen-bond donors (Lipinski definition) is 1. The molecule has 0 aromatic carbocycles. The highest BCUT2D eigenvalue weighted by molar-refractivity contribution is 5.75. The van der Waals surface area contributed by atoms with Crippen LogP contribution in [0.25, 0.3) is 0 Å². The van der Waals surface area contributed by atoms with Gasteiger partial charge in [-0.3, -0.25) is 4.79 Å². The van der Waals surface area contributed by atoms with Gasteiger partial charge in [-0.2, -0.15) is 0 Å². The Morgan fingerprint density at radius 1 is 1.57 bits per heavy atom. The minimum atomic E-state index is -0.173. The van der Waals surface area contributed by atoms with Crippen LogP contribution in [-0.4, -0.2) is 25.2 Å².